The number of nitrogens with zero attached hydrogens (tertiary/aromatic N) is 1. The van der Waals surface area contributed by atoms with Crippen LogP contribution in [0.2, 0.25) is 0 Å². The van der Waals surface area contributed by atoms with Gasteiger partial charge in [-0.2, -0.15) is 0 Å². The minimum atomic E-state index is -0.560. The molecule has 19 heavy (non-hydrogen) atoms. The predicted octanol–water partition coefficient (Wildman–Crippen LogP) is 1.92. The van der Waals surface area contributed by atoms with Crippen molar-refractivity contribution in [2.24, 2.45) is 0 Å². The number of benzene rings is 1. The van der Waals surface area contributed by atoms with Crippen molar-refractivity contribution in [1.82, 2.24) is 9.88 Å². The number of aliphatic hydroxyl groups is 1. The maximum atomic E-state index is 11.8. The van der Waals surface area contributed by atoms with E-state index >= 15 is 0 Å². The minimum absolute atomic E-state index is 0.0446. The number of rotatable bonds is 5. The molecule has 0 bridgehead atoms. The first kappa shape index (κ1) is 13.6. The highest BCUT2D eigenvalue weighted by Crippen LogP contribution is 2.15. The lowest BCUT2D eigenvalue weighted by atomic mass is 10.1. The van der Waals surface area contributed by atoms with E-state index in [1.807, 2.05) is 30.5 Å². The third-order valence-electron chi connectivity index (χ3n) is 3.13. The second kappa shape index (κ2) is 5.45. The summed E-state index contributed by atoms with van der Waals surface area (Å²) >= 11 is 0. The van der Waals surface area contributed by atoms with Gasteiger partial charge in [-0.25, -0.2) is 0 Å². The summed E-state index contributed by atoms with van der Waals surface area (Å²) in [5.74, 6) is -0.0446. The molecule has 1 aromatic carbocycles. The molecule has 1 aromatic heterocycles. The number of hydrogen-bond donors (Lipinski definition) is 2. The average molecular weight is 260 g/mol. The Kier molecular flexibility index (Phi) is 3.90. The highest BCUT2D eigenvalue weighted by Gasteiger charge is 2.18. The summed E-state index contributed by atoms with van der Waals surface area (Å²) in [6.45, 7) is 4.18. The van der Waals surface area contributed by atoms with Gasteiger partial charge in [-0.05, 0) is 31.4 Å². The second-order valence-corrected chi connectivity index (χ2v) is 5.41. The molecule has 1 heterocycles. The molecule has 4 nitrogen and oxygen atoms in total. The van der Waals surface area contributed by atoms with Gasteiger partial charge in [0.05, 0.1) is 12.1 Å². The molecule has 0 atom stereocenters. The molecule has 0 saturated heterocycles. The van der Waals surface area contributed by atoms with Gasteiger partial charge in [0.1, 0.15) is 0 Å². The summed E-state index contributed by atoms with van der Waals surface area (Å²) in [5, 5.41) is 13.1. The molecule has 2 N–H and O–H groups in total. The van der Waals surface area contributed by atoms with Crippen LogP contribution in [0.15, 0.2) is 36.5 Å². The zero-order valence-corrected chi connectivity index (χ0v) is 11.4. The Morgan fingerprint density at radius 3 is 2.79 bits per heavy atom. The topological polar surface area (TPSA) is 54.3 Å². The molecule has 102 valence electrons. The van der Waals surface area contributed by atoms with Crippen LogP contribution in [-0.4, -0.2) is 27.7 Å². The number of hydrogen-bond acceptors (Lipinski definition) is 2. The van der Waals surface area contributed by atoms with E-state index in [9.17, 15) is 4.79 Å². The minimum Gasteiger partial charge on any atom is -0.394 e. The lowest BCUT2D eigenvalue weighted by molar-refractivity contribution is -0.123. The SMILES string of the molecule is CC(C)(CO)NC(=O)CCn1ccc2ccccc21. The van der Waals surface area contributed by atoms with E-state index in [2.05, 4.69) is 16.0 Å². The zero-order chi connectivity index (χ0) is 13.9. The smallest absolute Gasteiger partial charge is 0.222 e. The van der Waals surface area contributed by atoms with Gasteiger partial charge in [0, 0.05) is 24.7 Å². The van der Waals surface area contributed by atoms with E-state index in [1.165, 1.54) is 5.39 Å². The van der Waals surface area contributed by atoms with Gasteiger partial charge in [0.15, 0.2) is 0 Å². The monoisotopic (exact) mass is 260 g/mol. The van der Waals surface area contributed by atoms with Crippen LogP contribution >= 0.6 is 0 Å². The summed E-state index contributed by atoms with van der Waals surface area (Å²) < 4.78 is 2.07. The first-order chi connectivity index (χ1) is 9.02. The first-order valence-corrected chi connectivity index (χ1v) is 6.47. The molecule has 1 amide bonds. The number of aryl methyl sites for hydroxylation is 1. The van der Waals surface area contributed by atoms with Crippen LogP contribution in [0.3, 0.4) is 0 Å². The molecule has 0 fully saturated rings. The Morgan fingerprint density at radius 1 is 1.32 bits per heavy atom. The first-order valence-electron chi connectivity index (χ1n) is 6.47. The molecule has 2 rings (SSSR count). The number of carbonyl (C=O) groups is 1. The molecule has 0 aliphatic rings. The fraction of sp³-hybridized carbons (Fsp3) is 0.400. The van der Waals surface area contributed by atoms with E-state index < -0.39 is 5.54 Å². The van der Waals surface area contributed by atoms with Crippen LogP contribution in [0.4, 0.5) is 0 Å². The van der Waals surface area contributed by atoms with Crippen molar-refractivity contribution in [2.45, 2.75) is 32.4 Å². The largest absolute Gasteiger partial charge is 0.394 e. The molecular weight excluding hydrogens is 240 g/mol. The Morgan fingerprint density at radius 2 is 2.05 bits per heavy atom. The number of aromatic nitrogens is 1. The predicted molar refractivity (Wildman–Crippen MR) is 75.9 cm³/mol. The molecule has 0 aliphatic carbocycles. The quantitative estimate of drug-likeness (QED) is 0.863. The molecule has 0 aliphatic heterocycles. The Hall–Kier alpha value is -1.81. The zero-order valence-electron chi connectivity index (χ0n) is 11.4. The van der Waals surface area contributed by atoms with Crippen molar-refractivity contribution in [1.29, 1.82) is 0 Å². The van der Waals surface area contributed by atoms with Crippen molar-refractivity contribution in [2.75, 3.05) is 6.61 Å². The van der Waals surface area contributed by atoms with Crippen molar-refractivity contribution >= 4 is 16.8 Å². The summed E-state index contributed by atoms with van der Waals surface area (Å²) in [6.07, 6.45) is 2.40. The summed E-state index contributed by atoms with van der Waals surface area (Å²) in [7, 11) is 0. The molecule has 0 unspecified atom stereocenters. The van der Waals surface area contributed by atoms with Crippen LogP contribution in [0.1, 0.15) is 20.3 Å². The van der Waals surface area contributed by atoms with Crippen LogP contribution in [-0.2, 0) is 11.3 Å². The van der Waals surface area contributed by atoms with E-state index in [0.717, 1.165) is 5.52 Å². The van der Waals surface area contributed by atoms with E-state index in [1.54, 1.807) is 13.8 Å². The Labute approximate surface area is 113 Å². The molecule has 2 aromatic rings. The summed E-state index contributed by atoms with van der Waals surface area (Å²) in [4.78, 5) is 11.8. The lowest BCUT2D eigenvalue weighted by Gasteiger charge is -2.23. The van der Waals surface area contributed by atoms with Gasteiger partial charge in [-0.3, -0.25) is 4.79 Å². The van der Waals surface area contributed by atoms with E-state index in [0.29, 0.717) is 13.0 Å². The van der Waals surface area contributed by atoms with E-state index in [4.69, 9.17) is 5.11 Å². The fourth-order valence-electron chi connectivity index (χ4n) is 2.04. The molecule has 0 spiro atoms. The normalized spacial score (nSPS) is 11.7. The number of carbonyl (C=O) groups excluding carboxylic acids is 1. The highest BCUT2D eigenvalue weighted by atomic mass is 16.3. The Bertz CT molecular complexity index is 572. The number of amides is 1. The van der Waals surface area contributed by atoms with Crippen LogP contribution in [0.5, 0.6) is 0 Å². The van der Waals surface area contributed by atoms with Crippen LogP contribution in [0, 0.1) is 0 Å². The average Bonchev–Trinajstić information content (AvgIpc) is 2.79. The lowest BCUT2D eigenvalue weighted by Crippen LogP contribution is -2.46. The third kappa shape index (κ3) is 3.35. The van der Waals surface area contributed by atoms with Crippen molar-refractivity contribution in [3.8, 4) is 0 Å². The third-order valence-corrected chi connectivity index (χ3v) is 3.13. The van der Waals surface area contributed by atoms with Gasteiger partial charge in [-0.1, -0.05) is 18.2 Å². The fourth-order valence-corrected chi connectivity index (χ4v) is 2.04. The van der Waals surface area contributed by atoms with Gasteiger partial charge in [0.25, 0.3) is 0 Å². The highest BCUT2D eigenvalue weighted by molar-refractivity contribution is 5.80. The Balaban J connectivity index is 1.97. The van der Waals surface area contributed by atoms with Gasteiger partial charge < -0.3 is 15.0 Å². The van der Waals surface area contributed by atoms with Crippen molar-refractivity contribution in [3.05, 3.63) is 36.5 Å². The maximum absolute atomic E-state index is 11.8. The van der Waals surface area contributed by atoms with Gasteiger partial charge in [-0.15, -0.1) is 0 Å². The van der Waals surface area contributed by atoms with Gasteiger partial charge in [0.2, 0.25) is 5.91 Å². The van der Waals surface area contributed by atoms with Crippen LogP contribution in [0.25, 0.3) is 10.9 Å². The summed E-state index contributed by atoms with van der Waals surface area (Å²) in [6, 6.07) is 10.1. The molecule has 4 heteroatoms. The van der Waals surface area contributed by atoms with Gasteiger partial charge >= 0.3 is 0 Å². The summed E-state index contributed by atoms with van der Waals surface area (Å²) in [5.41, 5.74) is 0.576. The van der Waals surface area contributed by atoms with E-state index in [-0.39, 0.29) is 12.5 Å². The number of para-hydroxylation sites is 1. The van der Waals surface area contributed by atoms with Crippen molar-refractivity contribution < 1.29 is 9.90 Å². The molecule has 0 radical (unpaired) electrons. The second-order valence-electron chi connectivity index (χ2n) is 5.41. The molecular formula is C15H20N2O2. The maximum Gasteiger partial charge on any atom is 0.222 e. The van der Waals surface area contributed by atoms with Crippen molar-refractivity contribution in [3.63, 3.8) is 0 Å². The van der Waals surface area contributed by atoms with Crippen LogP contribution < -0.4 is 5.32 Å². The number of aliphatic hydroxyl groups excluding tert-OH is 1. The number of fused-ring (bicyclic) bond motifs is 1. The standard InChI is InChI=1S/C15H20N2O2/c1-15(2,11-18)16-14(19)8-10-17-9-7-12-5-3-4-6-13(12)17/h3-7,9,18H,8,10-11H2,1-2H3,(H,16,19). The molecule has 0 saturated carbocycles. The number of nitrogens with one attached hydrogen (secondary N) is 1.